The quantitative estimate of drug-likeness (QED) is 0.501. The molecule has 2 fully saturated rings. The minimum Gasteiger partial charge on any atom is -0.353 e. The minimum atomic E-state index is 0.131. The van der Waals surface area contributed by atoms with Gasteiger partial charge in [0.05, 0.1) is 5.52 Å². The van der Waals surface area contributed by atoms with Crippen molar-refractivity contribution in [2.75, 3.05) is 37.6 Å². The van der Waals surface area contributed by atoms with Crippen LogP contribution in [0.15, 0.2) is 35.9 Å². The summed E-state index contributed by atoms with van der Waals surface area (Å²) in [5.74, 6) is 1.60. The fourth-order valence-corrected chi connectivity index (χ4v) is 5.75. The molecule has 0 N–H and O–H groups in total. The number of hydrogen-bond acceptors (Lipinski definition) is 4. The summed E-state index contributed by atoms with van der Waals surface area (Å²) < 4.78 is 0. The number of fused-ring (bicyclic) bond motifs is 1. The van der Waals surface area contributed by atoms with Crippen LogP contribution >= 0.6 is 0 Å². The number of anilines is 1. The monoisotopic (exact) mass is 488 g/mol. The Hall–Kier alpha value is -2.89. The SMILES string of the molecule is CC(=O)N1CCN(c2nc3ccc(C)cc3cc2CN(CCC2=CCCCC2)C(=O)C2CCC2)CC1. The smallest absolute Gasteiger partial charge is 0.225 e. The molecular formula is C30H40N4O2. The fourth-order valence-electron chi connectivity index (χ4n) is 5.75. The number of carbonyl (C=O) groups is 2. The maximum atomic E-state index is 13.6. The van der Waals surface area contributed by atoms with Crippen molar-refractivity contribution >= 4 is 28.5 Å². The van der Waals surface area contributed by atoms with Crippen molar-refractivity contribution in [1.82, 2.24) is 14.8 Å². The van der Waals surface area contributed by atoms with Gasteiger partial charge in [0.25, 0.3) is 0 Å². The fraction of sp³-hybridized carbons (Fsp3) is 0.567. The summed E-state index contributed by atoms with van der Waals surface area (Å²) in [4.78, 5) is 36.9. The van der Waals surface area contributed by atoms with Gasteiger partial charge in [0.2, 0.25) is 11.8 Å². The van der Waals surface area contributed by atoms with Crippen LogP contribution in [-0.4, -0.2) is 59.3 Å². The lowest BCUT2D eigenvalue weighted by molar-refractivity contribution is -0.138. The zero-order valence-electron chi connectivity index (χ0n) is 22.0. The minimum absolute atomic E-state index is 0.131. The van der Waals surface area contributed by atoms with E-state index in [1.165, 1.54) is 36.8 Å². The molecular weight excluding hydrogens is 448 g/mol. The maximum Gasteiger partial charge on any atom is 0.225 e. The number of piperazine rings is 1. The van der Waals surface area contributed by atoms with Crippen LogP contribution in [-0.2, 0) is 16.1 Å². The molecule has 1 aromatic heterocycles. The Balaban J connectivity index is 1.44. The number of pyridine rings is 1. The van der Waals surface area contributed by atoms with Crippen molar-refractivity contribution in [3.8, 4) is 0 Å². The number of aromatic nitrogens is 1. The molecule has 0 unspecified atom stereocenters. The van der Waals surface area contributed by atoms with E-state index in [4.69, 9.17) is 4.98 Å². The average molecular weight is 489 g/mol. The average Bonchev–Trinajstić information content (AvgIpc) is 2.85. The summed E-state index contributed by atoms with van der Waals surface area (Å²) in [7, 11) is 0. The van der Waals surface area contributed by atoms with Crippen LogP contribution < -0.4 is 4.90 Å². The van der Waals surface area contributed by atoms with Gasteiger partial charge >= 0.3 is 0 Å². The van der Waals surface area contributed by atoms with Gasteiger partial charge in [0.1, 0.15) is 5.82 Å². The highest BCUT2D eigenvalue weighted by molar-refractivity contribution is 5.84. The largest absolute Gasteiger partial charge is 0.353 e. The Morgan fingerprint density at radius 2 is 1.86 bits per heavy atom. The van der Waals surface area contributed by atoms with Gasteiger partial charge < -0.3 is 14.7 Å². The second kappa shape index (κ2) is 11.0. The van der Waals surface area contributed by atoms with Gasteiger partial charge in [-0.15, -0.1) is 0 Å². The lowest BCUT2D eigenvalue weighted by Crippen LogP contribution is -2.48. The second-order valence-electron chi connectivity index (χ2n) is 10.9. The molecule has 6 nitrogen and oxygen atoms in total. The van der Waals surface area contributed by atoms with Crippen LogP contribution in [0.5, 0.6) is 0 Å². The van der Waals surface area contributed by atoms with Crippen LogP contribution in [0.1, 0.15) is 69.4 Å². The molecule has 6 heteroatoms. The molecule has 0 bridgehead atoms. The first kappa shape index (κ1) is 24.8. The van der Waals surface area contributed by atoms with E-state index in [1.54, 1.807) is 6.92 Å². The predicted octanol–water partition coefficient (Wildman–Crippen LogP) is 5.23. The van der Waals surface area contributed by atoms with Gasteiger partial charge in [-0.2, -0.15) is 0 Å². The first-order valence-corrected chi connectivity index (χ1v) is 13.9. The lowest BCUT2D eigenvalue weighted by atomic mass is 9.84. The zero-order valence-corrected chi connectivity index (χ0v) is 22.0. The predicted molar refractivity (Wildman–Crippen MR) is 145 cm³/mol. The molecule has 1 aromatic carbocycles. The van der Waals surface area contributed by atoms with Crippen molar-refractivity contribution in [2.24, 2.45) is 5.92 Å². The van der Waals surface area contributed by atoms with E-state index in [1.807, 2.05) is 4.90 Å². The van der Waals surface area contributed by atoms with Crippen LogP contribution in [0.25, 0.3) is 10.9 Å². The number of carbonyl (C=O) groups excluding carboxylic acids is 2. The Kier molecular flexibility index (Phi) is 7.59. The van der Waals surface area contributed by atoms with Crippen molar-refractivity contribution in [2.45, 2.75) is 71.8 Å². The molecule has 192 valence electrons. The topological polar surface area (TPSA) is 56.8 Å². The van der Waals surface area contributed by atoms with Crippen LogP contribution in [0, 0.1) is 12.8 Å². The molecule has 2 amide bonds. The maximum absolute atomic E-state index is 13.6. The molecule has 1 saturated heterocycles. The van der Waals surface area contributed by atoms with Gasteiger partial charge in [-0.25, -0.2) is 4.98 Å². The van der Waals surface area contributed by atoms with Crippen LogP contribution in [0.4, 0.5) is 5.82 Å². The zero-order chi connectivity index (χ0) is 25.1. The van der Waals surface area contributed by atoms with Crippen molar-refractivity contribution in [3.63, 3.8) is 0 Å². The summed E-state index contributed by atoms with van der Waals surface area (Å²) in [6.45, 7) is 8.08. The third-order valence-electron chi connectivity index (χ3n) is 8.27. The molecule has 0 radical (unpaired) electrons. The van der Waals surface area contributed by atoms with E-state index in [0.29, 0.717) is 25.5 Å². The third-order valence-corrected chi connectivity index (χ3v) is 8.27. The first-order chi connectivity index (χ1) is 17.5. The van der Waals surface area contributed by atoms with Gasteiger partial charge in [0.15, 0.2) is 0 Å². The number of hydrogen-bond donors (Lipinski definition) is 0. The molecule has 1 aliphatic heterocycles. The van der Waals surface area contributed by atoms with Crippen molar-refractivity contribution < 1.29 is 9.59 Å². The van der Waals surface area contributed by atoms with Gasteiger partial charge in [-0.05, 0) is 70.1 Å². The number of nitrogens with zero attached hydrogens (tertiary/aromatic N) is 4. The highest BCUT2D eigenvalue weighted by atomic mass is 16.2. The highest BCUT2D eigenvalue weighted by Gasteiger charge is 2.31. The Morgan fingerprint density at radius 1 is 1.06 bits per heavy atom. The van der Waals surface area contributed by atoms with E-state index < -0.39 is 0 Å². The van der Waals surface area contributed by atoms with Gasteiger partial charge in [0, 0.05) is 63.1 Å². The molecule has 36 heavy (non-hydrogen) atoms. The molecule has 0 atom stereocenters. The van der Waals surface area contributed by atoms with Crippen LogP contribution in [0.3, 0.4) is 0 Å². The van der Waals surface area contributed by atoms with Gasteiger partial charge in [-0.3, -0.25) is 9.59 Å². The van der Waals surface area contributed by atoms with Crippen molar-refractivity contribution in [3.05, 3.63) is 47.0 Å². The molecule has 3 aliphatic rings. The normalized spacial score (nSPS) is 18.7. The number of benzene rings is 1. The van der Waals surface area contributed by atoms with Crippen molar-refractivity contribution in [1.29, 1.82) is 0 Å². The standard InChI is InChI=1S/C30H40N4O2/c1-22-11-12-28-26(19-22)20-27(29(31-28)33-17-15-32(16-18-33)23(2)35)21-34(30(36)25-9-6-10-25)14-13-24-7-4-3-5-8-24/h7,11-12,19-20,25H,3-6,8-10,13-18,21H2,1-2H3. The molecule has 5 rings (SSSR count). The van der Waals surface area contributed by atoms with Crippen LogP contribution in [0.2, 0.25) is 0 Å². The molecule has 0 spiro atoms. The van der Waals surface area contributed by atoms with E-state index in [9.17, 15) is 9.59 Å². The summed E-state index contributed by atoms with van der Waals surface area (Å²) in [5.41, 5.74) is 4.83. The third kappa shape index (κ3) is 5.58. The highest BCUT2D eigenvalue weighted by Crippen LogP contribution is 2.32. The molecule has 1 saturated carbocycles. The Labute approximate surface area is 215 Å². The van der Waals surface area contributed by atoms with E-state index in [-0.39, 0.29) is 11.8 Å². The van der Waals surface area contributed by atoms with E-state index in [2.05, 4.69) is 47.1 Å². The number of amides is 2. The first-order valence-electron chi connectivity index (χ1n) is 13.9. The van der Waals surface area contributed by atoms with E-state index >= 15 is 0 Å². The molecule has 2 heterocycles. The molecule has 2 aromatic rings. The second-order valence-corrected chi connectivity index (χ2v) is 10.9. The Morgan fingerprint density at radius 3 is 2.53 bits per heavy atom. The number of rotatable bonds is 7. The van der Waals surface area contributed by atoms with E-state index in [0.717, 1.165) is 67.6 Å². The lowest BCUT2D eigenvalue weighted by Gasteiger charge is -2.37. The van der Waals surface area contributed by atoms with Gasteiger partial charge in [-0.1, -0.05) is 29.7 Å². The summed E-state index contributed by atoms with van der Waals surface area (Å²) in [6, 6.07) is 8.64. The summed E-state index contributed by atoms with van der Waals surface area (Å²) >= 11 is 0. The number of allylic oxidation sites excluding steroid dienone is 1. The summed E-state index contributed by atoms with van der Waals surface area (Å²) in [6.07, 6.45) is 11.5. The number of aryl methyl sites for hydroxylation is 1. The summed E-state index contributed by atoms with van der Waals surface area (Å²) in [5, 5.41) is 1.13. The molecule has 2 aliphatic carbocycles. The Bertz CT molecular complexity index is 1150.